The monoisotopic (exact) mass is 359 g/mol. The number of nitrogens with zero attached hydrogens (tertiary/aromatic N) is 3. The van der Waals surface area contributed by atoms with Crippen molar-refractivity contribution in [1.29, 1.82) is 0 Å². The number of carbonyl (C=O) groups excluding carboxylic acids is 1. The maximum Gasteiger partial charge on any atom is 0.229 e. The van der Waals surface area contributed by atoms with Crippen LogP contribution in [-0.2, 0) is 11.3 Å². The molecule has 6 heteroatoms. The second-order valence-electron chi connectivity index (χ2n) is 5.65. The van der Waals surface area contributed by atoms with Crippen molar-refractivity contribution in [3.05, 3.63) is 52.8 Å². The van der Waals surface area contributed by atoms with Crippen LogP contribution in [0, 0.1) is 6.92 Å². The Kier molecular flexibility index (Phi) is 5.11. The minimum atomic E-state index is 0.0807. The number of hydrogen-bond donors (Lipinski definition) is 0. The Balaban J connectivity index is 2.01. The number of halogens is 1. The molecule has 0 aliphatic rings. The molecule has 1 aromatic carbocycles. The van der Waals surface area contributed by atoms with Crippen LogP contribution in [0.25, 0.3) is 10.2 Å². The molecule has 1 amide bonds. The number of carbonyl (C=O) groups is 1. The summed E-state index contributed by atoms with van der Waals surface area (Å²) in [5.74, 6) is 0.0807. The highest BCUT2D eigenvalue weighted by molar-refractivity contribution is 7.22. The zero-order valence-corrected chi connectivity index (χ0v) is 15.2. The summed E-state index contributed by atoms with van der Waals surface area (Å²) in [7, 11) is 0. The van der Waals surface area contributed by atoms with Gasteiger partial charge in [-0.2, -0.15) is 0 Å². The molecule has 124 valence electrons. The number of aryl methyl sites for hydroxylation is 1. The number of rotatable bonds is 5. The largest absolute Gasteiger partial charge is 0.284 e. The third kappa shape index (κ3) is 3.57. The fraction of sp³-hybridized carbons (Fsp3) is 0.278. The number of thiazole rings is 1. The topological polar surface area (TPSA) is 46.1 Å². The van der Waals surface area contributed by atoms with E-state index >= 15 is 0 Å². The molecule has 0 aliphatic heterocycles. The lowest BCUT2D eigenvalue weighted by atomic mass is 10.2. The van der Waals surface area contributed by atoms with E-state index in [0.29, 0.717) is 23.1 Å². The van der Waals surface area contributed by atoms with E-state index in [9.17, 15) is 4.79 Å². The molecular formula is C18H18ClN3OS. The van der Waals surface area contributed by atoms with Gasteiger partial charge in [-0.05, 0) is 48.7 Å². The van der Waals surface area contributed by atoms with Crippen LogP contribution in [0.4, 0.5) is 5.13 Å². The Labute approximate surface area is 150 Å². The molecule has 0 atom stereocenters. The van der Waals surface area contributed by atoms with Gasteiger partial charge in [0.15, 0.2) is 5.13 Å². The van der Waals surface area contributed by atoms with Gasteiger partial charge < -0.3 is 0 Å². The predicted molar refractivity (Wildman–Crippen MR) is 99.7 cm³/mol. The molecule has 3 aromatic rings. The number of pyridine rings is 1. The summed E-state index contributed by atoms with van der Waals surface area (Å²) in [6.45, 7) is 4.48. The summed E-state index contributed by atoms with van der Waals surface area (Å²) in [6.07, 6.45) is 4.78. The summed E-state index contributed by atoms with van der Waals surface area (Å²) in [5.41, 5.74) is 2.96. The first-order chi connectivity index (χ1) is 11.6. The van der Waals surface area contributed by atoms with Gasteiger partial charge in [-0.25, -0.2) is 4.98 Å². The molecule has 0 radical (unpaired) electrons. The minimum absolute atomic E-state index is 0.0807. The van der Waals surface area contributed by atoms with Crippen molar-refractivity contribution in [3.63, 3.8) is 0 Å². The van der Waals surface area contributed by atoms with Gasteiger partial charge in [0.25, 0.3) is 0 Å². The molecule has 4 nitrogen and oxygen atoms in total. The predicted octanol–water partition coefficient (Wildman–Crippen LogP) is 4.99. The van der Waals surface area contributed by atoms with E-state index < -0.39 is 0 Å². The summed E-state index contributed by atoms with van der Waals surface area (Å²) in [4.78, 5) is 23.1. The maximum atomic E-state index is 12.6. The van der Waals surface area contributed by atoms with Crippen LogP contribution in [0.1, 0.15) is 30.9 Å². The van der Waals surface area contributed by atoms with E-state index in [0.717, 1.165) is 27.8 Å². The molecule has 0 saturated carbocycles. The smallest absolute Gasteiger partial charge is 0.229 e. The molecule has 0 N–H and O–H groups in total. The van der Waals surface area contributed by atoms with Crippen LogP contribution in [0.3, 0.4) is 0 Å². The highest BCUT2D eigenvalue weighted by atomic mass is 35.5. The van der Waals surface area contributed by atoms with E-state index in [1.807, 2.05) is 38.1 Å². The molecule has 2 heterocycles. The van der Waals surface area contributed by atoms with E-state index in [1.54, 1.807) is 17.3 Å². The molecule has 0 bridgehead atoms. The number of anilines is 1. The van der Waals surface area contributed by atoms with Crippen molar-refractivity contribution < 1.29 is 4.79 Å². The van der Waals surface area contributed by atoms with Crippen molar-refractivity contribution in [3.8, 4) is 0 Å². The van der Waals surface area contributed by atoms with Crippen LogP contribution in [0.15, 0.2) is 36.7 Å². The lowest BCUT2D eigenvalue weighted by Gasteiger charge is -2.19. The zero-order chi connectivity index (χ0) is 17.1. The Hall–Kier alpha value is -1.98. The lowest BCUT2D eigenvalue weighted by Crippen LogP contribution is -2.29. The Bertz CT molecular complexity index is 863. The number of amides is 1. The summed E-state index contributed by atoms with van der Waals surface area (Å²) >= 11 is 7.65. The number of benzene rings is 1. The second kappa shape index (κ2) is 7.28. The molecule has 0 aliphatic carbocycles. The highest BCUT2D eigenvalue weighted by Gasteiger charge is 2.20. The Morgan fingerprint density at radius 2 is 2.04 bits per heavy atom. The van der Waals surface area contributed by atoms with Crippen molar-refractivity contribution in [2.24, 2.45) is 0 Å². The Morgan fingerprint density at radius 1 is 1.29 bits per heavy atom. The first-order valence-corrected chi connectivity index (χ1v) is 9.04. The third-order valence-corrected chi connectivity index (χ3v) is 4.97. The summed E-state index contributed by atoms with van der Waals surface area (Å²) < 4.78 is 0.999. The van der Waals surface area contributed by atoms with Crippen LogP contribution in [0.2, 0.25) is 5.02 Å². The minimum Gasteiger partial charge on any atom is -0.284 e. The third-order valence-electron chi connectivity index (χ3n) is 3.72. The van der Waals surface area contributed by atoms with Gasteiger partial charge in [0, 0.05) is 23.8 Å². The molecule has 0 fully saturated rings. The van der Waals surface area contributed by atoms with Gasteiger partial charge in [-0.3, -0.25) is 14.7 Å². The second-order valence-corrected chi connectivity index (χ2v) is 7.10. The SMILES string of the molecule is CCCC(=O)N(Cc1ccncc1)c1nc2c(C)cc(Cl)cc2s1. The van der Waals surface area contributed by atoms with Crippen LogP contribution >= 0.6 is 22.9 Å². The average molecular weight is 360 g/mol. The number of aromatic nitrogens is 2. The Morgan fingerprint density at radius 3 is 2.75 bits per heavy atom. The summed E-state index contributed by atoms with van der Waals surface area (Å²) in [5, 5.41) is 1.40. The highest BCUT2D eigenvalue weighted by Crippen LogP contribution is 2.34. The van der Waals surface area contributed by atoms with Gasteiger partial charge in [0.05, 0.1) is 16.8 Å². The van der Waals surface area contributed by atoms with E-state index in [2.05, 4.69) is 4.98 Å². The molecule has 0 spiro atoms. The number of fused-ring (bicyclic) bond motifs is 1. The summed E-state index contributed by atoms with van der Waals surface area (Å²) in [6, 6.07) is 7.64. The van der Waals surface area contributed by atoms with Crippen molar-refractivity contribution in [2.45, 2.75) is 33.2 Å². The molecule has 0 unspecified atom stereocenters. The molecule has 2 aromatic heterocycles. The van der Waals surface area contributed by atoms with Crippen molar-refractivity contribution in [1.82, 2.24) is 9.97 Å². The molecule has 24 heavy (non-hydrogen) atoms. The van der Waals surface area contributed by atoms with Gasteiger partial charge in [0.2, 0.25) is 5.91 Å². The van der Waals surface area contributed by atoms with E-state index in [1.165, 1.54) is 11.3 Å². The van der Waals surface area contributed by atoms with Crippen molar-refractivity contribution >= 4 is 44.2 Å². The standard InChI is InChI=1S/C18H18ClN3OS/c1-3-4-16(23)22(11-13-5-7-20-8-6-13)18-21-17-12(2)9-14(19)10-15(17)24-18/h5-10H,3-4,11H2,1-2H3. The fourth-order valence-electron chi connectivity index (χ4n) is 2.54. The van der Waals surface area contributed by atoms with Gasteiger partial charge in [-0.15, -0.1) is 0 Å². The molecule has 3 rings (SSSR count). The van der Waals surface area contributed by atoms with Crippen LogP contribution in [-0.4, -0.2) is 15.9 Å². The first-order valence-electron chi connectivity index (χ1n) is 7.84. The average Bonchev–Trinajstić information content (AvgIpc) is 2.97. The molecular weight excluding hydrogens is 342 g/mol. The fourth-order valence-corrected chi connectivity index (χ4v) is 3.98. The maximum absolute atomic E-state index is 12.6. The van der Waals surface area contributed by atoms with Crippen LogP contribution in [0.5, 0.6) is 0 Å². The lowest BCUT2D eigenvalue weighted by molar-refractivity contribution is -0.118. The molecule has 0 saturated heterocycles. The van der Waals surface area contributed by atoms with Crippen LogP contribution < -0.4 is 4.90 Å². The van der Waals surface area contributed by atoms with Crippen molar-refractivity contribution in [2.75, 3.05) is 4.90 Å². The normalized spacial score (nSPS) is 11.0. The van der Waals surface area contributed by atoms with E-state index in [-0.39, 0.29) is 5.91 Å². The first kappa shape index (κ1) is 16.9. The number of hydrogen-bond acceptors (Lipinski definition) is 4. The van der Waals surface area contributed by atoms with Gasteiger partial charge in [-0.1, -0.05) is 29.9 Å². The van der Waals surface area contributed by atoms with Gasteiger partial charge in [0.1, 0.15) is 0 Å². The van der Waals surface area contributed by atoms with Gasteiger partial charge >= 0.3 is 0 Å². The van der Waals surface area contributed by atoms with E-state index in [4.69, 9.17) is 16.6 Å². The quantitative estimate of drug-likeness (QED) is 0.645. The zero-order valence-electron chi connectivity index (χ0n) is 13.6.